The molecule has 1 aliphatic rings. The zero-order valence-corrected chi connectivity index (χ0v) is 13.3. The molecule has 6 heteroatoms. The van der Waals surface area contributed by atoms with Gasteiger partial charge in [0.15, 0.2) is 0 Å². The molecule has 22 heavy (non-hydrogen) atoms. The summed E-state index contributed by atoms with van der Waals surface area (Å²) in [6, 6.07) is 7.38. The van der Waals surface area contributed by atoms with Crippen LogP contribution in [0.2, 0.25) is 0 Å². The van der Waals surface area contributed by atoms with E-state index in [2.05, 4.69) is 9.82 Å². The van der Waals surface area contributed by atoms with Crippen LogP contribution in [-0.4, -0.2) is 24.7 Å². The van der Waals surface area contributed by atoms with E-state index >= 15 is 0 Å². The molecule has 0 atom stereocenters. The van der Waals surface area contributed by atoms with Gasteiger partial charge in [0.1, 0.15) is 0 Å². The van der Waals surface area contributed by atoms with E-state index in [-0.39, 0.29) is 0 Å². The summed E-state index contributed by atoms with van der Waals surface area (Å²) < 4.78 is 29.2. The summed E-state index contributed by atoms with van der Waals surface area (Å²) in [5.41, 5.74) is 2.48. The highest BCUT2D eigenvalue weighted by atomic mass is 32.2. The van der Waals surface area contributed by atoms with Crippen molar-refractivity contribution in [1.29, 1.82) is 0 Å². The highest BCUT2D eigenvalue weighted by Gasteiger charge is 2.17. The van der Waals surface area contributed by atoms with Crippen LogP contribution >= 0.6 is 0 Å². The van der Waals surface area contributed by atoms with E-state index < -0.39 is 10.0 Å². The Bertz CT molecular complexity index is 724. The highest BCUT2D eigenvalue weighted by molar-refractivity contribution is 7.89. The normalized spacial score (nSPS) is 14.7. The maximum absolute atomic E-state index is 12.3. The van der Waals surface area contributed by atoms with Crippen LogP contribution in [0.3, 0.4) is 0 Å². The van der Waals surface area contributed by atoms with Crippen molar-refractivity contribution >= 4 is 10.0 Å². The van der Waals surface area contributed by atoms with Gasteiger partial charge in [0.2, 0.25) is 10.0 Å². The lowest BCUT2D eigenvalue weighted by atomic mass is 9.92. The van der Waals surface area contributed by atoms with E-state index in [0.29, 0.717) is 24.4 Å². The summed E-state index contributed by atoms with van der Waals surface area (Å²) in [5.74, 6) is 0. The standard InChI is InChI=1S/C16H21N3O2S/c20-22(21,18-10-4-12-19-11-3-9-17-19)16-8-7-14-5-1-2-6-15(14)13-16/h3,7-9,11,13,18H,1-2,4-6,10,12H2. The van der Waals surface area contributed by atoms with Crippen LogP contribution in [0.4, 0.5) is 0 Å². The Hall–Kier alpha value is -1.66. The van der Waals surface area contributed by atoms with Crippen molar-refractivity contribution in [2.75, 3.05) is 6.54 Å². The summed E-state index contributed by atoms with van der Waals surface area (Å²) in [4.78, 5) is 0.382. The second-order valence-electron chi connectivity index (χ2n) is 5.66. The molecular formula is C16H21N3O2S. The minimum absolute atomic E-state index is 0.382. The molecule has 0 aliphatic heterocycles. The molecule has 0 fully saturated rings. The molecule has 0 amide bonds. The molecule has 1 aromatic carbocycles. The monoisotopic (exact) mass is 319 g/mol. The molecule has 0 unspecified atom stereocenters. The Kier molecular flexibility index (Phi) is 4.59. The van der Waals surface area contributed by atoms with Crippen LogP contribution in [0, 0.1) is 0 Å². The third-order valence-electron chi connectivity index (χ3n) is 4.05. The lowest BCUT2D eigenvalue weighted by Crippen LogP contribution is -2.26. The van der Waals surface area contributed by atoms with Crippen molar-refractivity contribution in [3.05, 3.63) is 47.8 Å². The Morgan fingerprint density at radius 2 is 2.00 bits per heavy atom. The van der Waals surface area contributed by atoms with E-state index in [0.717, 1.165) is 19.3 Å². The van der Waals surface area contributed by atoms with Gasteiger partial charge in [0.25, 0.3) is 0 Å². The number of nitrogens with zero attached hydrogens (tertiary/aromatic N) is 2. The second kappa shape index (κ2) is 6.62. The predicted octanol–water partition coefficient (Wildman–Crippen LogP) is 2.13. The maximum atomic E-state index is 12.3. The largest absolute Gasteiger partial charge is 0.273 e. The molecule has 2 aromatic rings. The first-order chi connectivity index (χ1) is 10.6. The van der Waals surface area contributed by atoms with E-state index in [1.807, 2.05) is 24.4 Å². The fourth-order valence-corrected chi connectivity index (χ4v) is 3.96. The number of nitrogens with one attached hydrogen (secondary N) is 1. The summed E-state index contributed by atoms with van der Waals surface area (Å²) in [7, 11) is -3.41. The van der Waals surface area contributed by atoms with Crippen molar-refractivity contribution in [2.24, 2.45) is 0 Å². The maximum Gasteiger partial charge on any atom is 0.240 e. The SMILES string of the molecule is O=S(=O)(NCCCn1cccn1)c1ccc2c(c1)CCCC2. The van der Waals surface area contributed by atoms with Crippen LogP contribution in [0.25, 0.3) is 0 Å². The van der Waals surface area contributed by atoms with Gasteiger partial charge >= 0.3 is 0 Å². The first kappa shape index (κ1) is 15.2. The fraction of sp³-hybridized carbons (Fsp3) is 0.438. The predicted molar refractivity (Wildman–Crippen MR) is 85.1 cm³/mol. The molecule has 1 aromatic heterocycles. The number of hydrogen-bond acceptors (Lipinski definition) is 3. The molecule has 0 spiro atoms. The number of aryl methyl sites for hydroxylation is 3. The summed E-state index contributed by atoms with van der Waals surface area (Å²) >= 11 is 0. The molecule has 1 aliphatic carbocycles. The molecule has 5 nitrogen and oxygen atoms in total. The summed E-state index contributed by atoms with van der Waals surface area (Å²) in [5, 5.41) is 4.10. The molecule has 1 heterocycles. The highest BCUT2D eigenvalue weighted by Crippen LogP contribution is 2.23. The zero-order valence-electron chi connectivity index (χ0n) is 12.5. The van der Waals surface area contributed by atoms with Gasteiger partial charge in [-0.05, 0) is 61.4 Å². The van der Waals surface area contributed by atoms with Crippen molar-refractivity contribution in [1.82, 2.24) is 14.5 Å². The molecule has 0 saturated heterocycles. The van der Waals surface area contributed by atoms with E-state index in [4.69, 9.17) is 0 Å². The molecule has 118 valence electrons. The molecule has 0 saturated carbocycles. The Balaban J connectivity index is 1.60. The molecule has 0 radical (unpaired) electrons. The number of benzene rings is 1. The zero-order chi connectivity index (χ0) is 15.4. The van der Waals surface area contributed by atoms with Gasteiger partial charge in [-0.25, -0.2) is 13.1 Å². The Morgan fingerprint density at radius 1 is 1.18 bits per heavy atom. The van der Waals surface area contributed by atoms with Crippen LogP contribution in [0.5, 0.6) is 0 Å². The molecular weight excluding hydrogens is 298 g/mol. The first-order valence-corrected chi connectivity index (χ1v) is 9.22. The van der Waals surface area contributed by atoms with Gasteiger partial charge in [-0.3, -0.25) is 4.68 Å². The van der Waals surface area contributed by atoms with Crippen LogP contribution < -0.4 is 4.72 Å². The number of rotatable bonds is 6. The quantitative estimate of drug-likeness (QED) is 0.830. The fourth-order valence-electron chi connectivity index (χ4n) is 2.84. The van der Waals surface area contributed by atoms with Gasteiger partial charge in [0.05, 0.1) is 4.90 Å². The van der Waals surface area contributed by atoms with Gasteiger partial charge in [0, 0.05) is 25.5 Å². The third kappa shape index (κ3) is 3.56. The smallest absolute Gasteiger partial charge is 0.240 e. The minimum atomic E-state index is -3.41. The lowest BCUT2D eigenvalue weighted by molar-refractivity contribution is 0.552. The Morgan fingerprint density at radius 3 is 2.77 bits per heavy atom. The van der Waals surface area contributed by atoms with Crippen molar-refractivity contribution < 1.29 is 8.42 Å². The van der Waals surface area contributed by atoms with Crippen molar-refractivity contribution in [2.45, 2.75) is 43.5 Å². The number of sulfonamides is 1. The van der Waals surface area contributed by atoms with Gasteiger partial charge < -0.3 is 0 Å². The number of aromatic nitrogens is 2. The summed E-state index contributed by atoms with van der Waals surface area (Å²) in [6.45, 7) is 1.12. The van der Waals surface area contributed by atoms with Crippen LogP contribution in [-0.2, 0) is 29.4 Å². The van der Waals surface area contributed by atoms with Crippen molar-refractivity contribution in [3.63, 3.8) is 0 Å². The minimum Gasteiger partial charge on any atom is -0.273 e. The second-order valence-corrected chi connectivity index (χ2v) is 7.43. The topological polar surface area (TPSA) is 64.0 Å². The molecule has 3 rings (SSSR count). The van der Waals surface area contributed by atoms with Crippen LogP contribution in [0.15, 0.2) is 41.6 Å². The van der Waals surface area contributed by atoms with E-state index in [1.165, 1.54) is 17.5 Å². The van der Waals surface area contributed by atoms with Crippen LogP contribution in [0.1, 0.15) is 30.4 Å². The Labute approximate surface area is 131 Å². The number of hydrogen-bond donors (Lipinski definition) is 1. The number of fused-ring (bicyclic) bond motifs is 1. The average molecular weight is 319 g/mol. The first-order valence-electron chi connectivity index (χ1n) is 7.74. The average Bonchev–Trinajstić information content (AvgIpc) is 3.04. The van der Waals surface area contributed by atoms with Crippen molar-refractivity contribution in [3.8, 4) is 0 Å². The van der Waals surface area contributed by atoms with Gasteiger partial charge in [-0.2, -0.15) is 5.10 Å². The third-order valence-corrected chi connectivity index (χ3v) is 5.50. The lowest BCUT2D eigenvalue weighted by Gasteiger charge is -2.16. The molecule has 0 bridgehead atoms. The van der Waals surface area contributed by atoms with E-state index in [9.17, 15) is 8.42 Å². The van der Waals surface area contributed by atoms with Gasteiger partial charge in [-0.1, -0.05) is 6.07 Å². The molecule has 1 N–H and O–H groups in total. The van der Waals surface area contributed by atoms with Gasteiger partial charge in [-0.15, -0.1) is 0 Å². The summed E-state index contributed by atoms with van der Waals surface area (Å²) in [6.07, 6.45) is 8.70. The van der Waals surface area contributed by atoms with E-state index in [1.54, 1.807) is 16.9 Å².